The minimum Gasteiger partial charge on any atom is -0.497 e. The molecular weight excluding hydrogens is 394 g/mol. The summed E-state index contributed by atoms with van der Waals surface area (Å²) in [6.45, 7) is 0.285. The Morgan fingerprint density at radius 2 is 1.68 bits per heavy atom. The van der Waals surface area contributed by atoms with E-state index in [9.17, 15) is 9.59 Å². The summed E-state index contributed by atoms with van der Waals surface area (Å²) in [5.74, 6) is -0.491. The van der Waals surface area contributed by atoms with Gasteiger partial charge in [0.15, 0.2) is 0 Å². The third-order valence-electron chi connectivity index (χ3n) is 5.12. The van der Waals surface area contributed by atoms with Crippen molar-refractivity contribution in [3.8, 4) is 11.5 Å². The molecule has 3 aromatic rings. The number of ether oxygens (including phenoxy) is 2. The van der Waals surface area contributed by atoms with Crippen molar-refractivity contribution in [2.75, 3.05) is 40.2 Å². The van der Waals surface area contributed by atoms with Gasteiger partial charge in [0.25, 0.3) is 0 Å². The second-order valence-electron chi connectivity index (χ2n) is 7.28. The molecule has 0 fully saturated rings. The van der Waals surface area contributed by atoms with Crippen molar-refractivity contribution in [2.24, 2.45) is 0 Å². The van der Waals surface area contributed by atoms with E-state index >= 15 is 0 Å². The molecule has 0 radical (unpaired) electrons. The fraction of sp³-hybridized carbons (Fsp3) is 0.250. The quantitative estimate of drug-likeness (QED) is 0.573. The van der Waals surface area contributed by atoms with E-state index < -0.39 is 11.8 Å². The largest absolute Gasteiger partial charge is 0.497 e. The molecule has 0 saturated carbocycles. The molecule has 162 valence electrons. The number of hydrogen-bond donors (Lipinski definition) is 2. The molecule has 0 aliphatic heterocycles. The van der Waals surface area contributed by atoms with Crippen LogP contribution in [0, 0.1) is 0 Å². The summed E-state index contributed by atoms with van der Waals surface area (Å²) in [6, 6.07) is 19.0. The van der Waals surface area contributed by atoms with Gasteiger partial charge in [-0.3, -0.25) is 9.59 Å². The summed E-state index contributed by atoms with van der Waals surface area (Å²) in [6.07, 6.45) is 0. The zero-order valence-corrected chi connectivity index (χ0v) is 18.1. The fourth-order valence-corrected chi connectivity index (χ4v) is 3.46. The molecule has 0 aliphatic rings. The highest BCUT2D eigenvalue weighted by Crippen LogP contribution is 2.29. The van der Waals surface area contributed by atoms with E-state index in [2.05, 4.69) is 28.8 Å². The number of fused-ring (bicyclic) bond motifs is 1. The van der Waals surface area contributed by atoms with E-state index in [1.54, 1.807) is 18.2 Å². The standard InChI is InChI=1S/C24H27N3O4/c1-27(2)21(19-11-7-9-16-8-5-6-10-18(16)19)15-25-23(28)24(29)26-20-13-12-17(30-3)14-22(20)31-4/h5-14,21H,15H2,1-4H3,(H,25,28)(H,26,29)/t21-/m1/s1. The van der Waals surface area contributed by atoms with Gasteiger partial charge in [0, 0.05) is 12.6 Å². The number of rotatable bonds is 7. The van der Waals surface area contributed by atoms with Gasteiger partial charge in [-0.1, -0.05) is 42.5 Å². The number of anilines is 1. The lowest BCUT2D eigenvalue weighted by molar-refractivity contribution is -0.136. The van der Waals surface area contributed by atoms with Gasteiger partial charge in [0.2, 0.25) is 0 Å². The Bertz CT molecular complexity index is 1080. The van der Waals surface area contributed by atoms with Gasteiger partial charge in [-0.15, -0.1) is 0 Å². The van der Waals surface area contributed by atoms with Gasteiger partial charge in [0.05, 0.1) is 25.9 Å². The maximum absolute atomic E-state index is 12.5. The summed E-state index contributed by atoms with van der Waals surface area (Å²) in [4.78, 5) is 26.9. The number of methoxy groups -OCH3 is 2. The van der Waals surface area contributed by atoms with E-state index in [0.717, 1.165) is 16.3 Å². The van der Waals surface area contributed by atoms with Crippen LogP contribution in [0.5, 0.6) is 11.5 Å². The van der Waals surface area contributed by atoms with Crippen LogP contribution >= 0.6 is 0 Å². The van der Waals surface area contributed by atoms with Crippen LogP contribution in [0.1, 0.15) is 11.6 Å². The number of nitrogens with one attached hydrogen (secondary N) is 2. The minimum atomic E-state index is -0.765. The van der Waals surface area contributed by atoms with E-state index in [0.29, 0.717) is 17.2 Å². The zero-order valence-electron chi connectivity index (χ0n) is 18.1. The van der Waals surface area contributed by atoms with Crippen LogP contribution < -0.4 is 20.1 Å². The number of carbonyl (C=O) groups is 2. The molecular formula is C24H27N3O4. The summed E-state index contributed by atoms with van der Waals surface area (Å²) >= 11 is 0. The van der Waals surface area contributed by atoms with Crippen LogP contribution in [-0.2, 0) is 9.59 Å². The molecule has 2 amide bonds. The summed E-state index contributed by atoms with van der Waals surface area (Å²) in [5.41, 5.74) is 1.47. The molecule has 1 atom stereocenters. The van der Waals surface area contributed by atoms with Gasteiger partial charge >= 0.3 is 11.8 Å². The van der Waals surface area contributed by atoms with Crippen LogP contribution in [0.2, 0.25) is 0 Å². The normalized spacial score (nSPS) is 11.8. The summed E-state index contributed by atoms with van der Waals surface area (Å²) < 4.78 is 10.4. The molecule has 0 bridgehead atoms. The SMILES string of the molecule is COc1ccc(NC(=O)C(=O)NC[C@H](c2cccc3ccccc23)N(C)C)c(OC)c1. The molecule has 3 aromatic carbocycles. The summed E-state index contributed by atoms with van der Waals surface area (Å²) in [5, 5.41) is 7.58. The van der Waals surface area contributed by atoms with Crippen LogP contribution in [0.25, 0.3) is 10.8 Å². The molecule has 7 heteroatoms. The molecule has 0 aliphatic carbocycles. The first kappa shape index (κ1) is 22.1. The maximum Gasteiger partial charge on any atom is 0.313 e. The van der Waals surface area contributed by atoms with Crippen LogP contribution in [0.4, 0.5) is 5.69 Å². The second kappa shape index (κ2) is 9.95. The van der Waals surface area contributed by atoms with Gasteiger partial charge in [-0.25, -0.2) is 0 Å². The zero-order chi connectivity index (χ0) is 22.4. The van der Waals surface area contributed by atoms with Crippen LogP contribution in [0.3, 0.4) is 0 Å². The second-order valence-corrected chi connectivity index (χ2v) is 7.28. The van der Waals surface area contributed by atoms with E-state index in [1.165, 1.54) is 14.2 Å². The van der Waals surface area contributed by atoms with Crippen LogP contribution in [-0.4, -0.2) is 51.6 Å². The lowest BCUT2D eigenvalue weighted by atomic mass is 9.98. The van der Waals surface area contributed by atoms with E-state index in [4.69, 9.17) is 9.47 Å². The molecule has 0 aromatic heterocycles. The predicted octanol–water partition coefficient (Wildman–Crippen LogP) is 3.21. The monoisotopic (exact) mass is 421 g/mol. The van der Waals surface area contributed by atoms with Gasteiger partial charge in [-0.05, 0) is 42.6 Å². The van der Waals surface area contributed by atoms with Crippen molar-refractivity contribution in [3.05, 3.63) is 66.2 Å². The molecule has 0 saturated heterocycles. The molecule has 2 N–H and O–H groups in total. The third-order valence-corrected chi connectivity index (χ3v) is 5.12. The number of benzene rings is 3. The van der Waals surface area contributed by atoms with Crippen LogP contribution in [0.15, 0.2) is 60.7 Å². The van der Waals surface area contributed by atoms with Crippen molar-refractivity contribution >= 4 is 28.3 Å². The molecule has 0 heterocycles. The molecule has 7 nitrogen and oxygen atoms in total. The Kier molecular flexibility index (Phi) is 7.10. The highest BCUT2D eigenvalue weighted by atomic mass is 16.5. The lowest BCUT2D eigenvalue weighted by Crippen LogP contribution is -2.40. The number of nitrogens with zero attached hydrogens (tertiary/aromatic N) is 1. The van der Waals surface area contributed by atoms with Crippen molar-refractivity contribution in [3.63, 3.8) is 0 Å². The fourth-order valence-electron chi connectivity index (χ4n) is 3.46. The maximum atomic E-state index is 12.5. The van der Waals surface area contributed by atoms with Crippen molar-refractivity contribution in [1.29, 1.82) is 0 Å². The highest BCUT2D eigenvalue weighted by molar-refractivity contribution is 6.39. The lowest BCUT2D eigenvalue weighted by Gasteiger charge is -2.26. The number of hydrogen-bond acceptors (Lipinski definition) is 5. The minimum absolute atomic E-state index is 0.0987. The smallest absolute Gasteiger partial charge is 0.313 e. The molecule has 0 unspecified atom stereocenters. The Hall–Kier alpha value is -3.58. The number of carbonyl (C=O) groups excluding carboxylic acids is 2. The van der Waals surface area contributed by atoms with Crippen molar-refractivity contribution in [2.45, 2.75) is 6.04 Å². The third kappa shape index (κ3) is 5.13. The van der Waals surface area contributed by atoms with E-state index in [-0.39, 0.29) is 12.6 Å². The molecule has 3 rings (SSSR count). The van der Waals surface area contributed by atoms with E-state index in [1.807, 2.05) is 43.3 Å². The predicted molar refractivity (Wildman–Crippen MR) is 122 cm³/mol. The Labute approximate surface area is 181 Å². The topological polar surface area (TPSA) is 79.9 Å². The Morgan fingerprint density at radius 1 is 0.935 bits per heavy atom. The number of amides is 2. The molecule has 0 spiro atoms. The highest BCUT2D eigenvalue weighted by Gasteiger charge is 2.21. The average molecular weight is 421 g/mol. The summed E-state index contributed by atoms with van der Waals surface area (Å²) in [7, 11) is 6.91. The van der Waals surface area contributed by atoms with Gasteiger partial charge in [-0.2, -0.15) is 0 Å². The first-order valence-electron chi connectivity index (χ1n) is 9.90. The average Bonchev–Trinajstić information content (AvgIpc) is 2.79. The van der Waals surface area contributed by atoms with Crippen molar-refractivity contribution < 1.29 is 19.1 Å². The first-order chi connectivity index (χ1) is 14.9. The Morgan fingerprint density at radius 3 is 2.39 bits per heavy atom. The van der Waals surface area contributed by atoms with Crippen molar-refractivity contribution in [1.82, 2.24) is 10.2 Å². The first-order valence-corrected chi connectivity index (χ1v) is 9.90. The van der Waals surface area contributed by atoms with Gasteiger partial charge in [0.1, 0.15) is 11.5 Å². The number of likely N-dealkylation sites (N-methyl/N-ethyl adjacent to an activating group) is 1. The Balaban J connectivity index is 1.71. The van der Waals surface area contributed by atoms with Gasteiger partial charge < -0.3 is 25.0 Å². The molecule has 31 heavy (non-hydrogen) atoms.